The Kier molecular flexibility index (Phi) is 6.07. The average molecular weight is 441 g/mol. The van der Waals surface area contributed by atoms with Crippen LogP contribution in [-0.2, 0) is 17.8 Å². The van der Waals surface area contributed by atoms with Crippen LogP contribution < -0.4 is 5.32 Å². The summed E-state index contributed by atoms with van der Waals surface area (Å²) in [6.07, 6.45) is 7.07. The van der Waals surface area contributed by atoms with Crippen LogP contribution in [0.25, 0.3) is 5.65 Å². The summed E-state index contributed by atoms with van der Waals surface area (Å²) in [4.78, 5) is 19.3. The minimum absolute atomic E-state index is 0.131. The standard InChI is InChI=1S/C22H25BrN4O/c23-18-6-8-21-24-14-20(27(21)16-18)7-9-22(28)25-19-10-12-26(13-11-19)15-17-4-2-1-3-5-17/h1-6,8,14,16,19H,7,9-13,15H2,(H,25,28). The maximum atomic E-state index is 12.4. The number of rotatable bonds is 6. The molecule has 6 heteroatoms. The number of aromatic nitrogens is 2. The van der Waals surface area contributed by atoms with E-state index in [0.29, 0.717) is 12.8 Å². The molecule has 0 radical (unpaired) electrons. The normalized spacial score (nSPS) is 15.8. The van der Waals surface area contributed by atoms with Crippen molar-refractivity contribution in [2.45, 2.75) is 38.3 Å². The number of carbonyl (C=O) groups is 1. The molecule has 1 aliphatic rings. The van der Waals surface area contributed by atoms with Gasteiger partial charge in [-0.25, -0.2) is 4.98 Å². The Hall–Kier alpha value is -2.18. The number of carbonyl (C=O) groups excluding carboxylic acids is 1. The van der Waals surface area contributed by atoms with Gasteiger partial charge >= 0.3 is 0 Å². The molecule has 3 heterocycles. The van der Waals surface area contributed by atoms with Crippen LogP contribution in [0.15, 0.2) is 59.3 Å². The summed E-state index contributed by atoms with van der Waals surface area (Å²) in [7, 11) is 0. The van der Waals surface area contributed by atoms with Crippen molar-refractivity contribution in [3.8, 4) is 0 Å². The molecule has 1 saturated heterocycles. The van der Waals surface area contributed by atoms with Crippen LogP contribution in [0.5, 0.6) is 0 Å². The van der Waals surface area contributed by atoms with E-state index in [1.807, 2.05) is 28.9 Å². The van der Waals surface area contributed by atoms with E-state index in [1.165, 1.54) is 5.56 Å². The predicted molar refractivity (Wildman–Crippen MR) is 114 cm³/mol. The highest BCUT2D eigenvalue weighted by atomic mass is 79.9. The SMILES string of the molecule is O=C(CCc1cnc2ccc(Br)cn12)NC1CCN(Cc2ccccc2)CC1. The van der Waals surface area contributed by atoms with E-state index in [4.69, 9.17) is 0 Å². The van der Waals surface area contributed by atoms with Crippen molar-refractivity contribution in [1.82, 2.24) is 19.6 Å². The van der Waals surface area contributed by atoms with Gasteiger partial charge in [0.25, 0.3) is 0 Å². The molecule has 1 aliphatic heterocycles. The first kappa shape index (κ1) is 19.2. The van der Waals surface area contributed by atoms with Crippen LogP contribution in [0.3, 0.4) is 0 Å². The van der Waals surface area contributed by atoms with Crippen LogP contribution in [0, 0.1) is 0 Å². The molecule has 0 atom stereocenters. The quantitative estimate of drug-likeness (QED) is 0.633. The highest BCUT2D eigenvalue weighted by Gasteiger charge is 2.20. The Morgan fingerprint density at radius 3 is 2.71 bits per heavy atom. The molecule has 1 aromatic carbocycles. The number of amides is 1. The van der Waals surface area contributed by atoms with Gasteiger partial charge in [-0.3, -0.25) is 9.69 Å². The lowest BCUT2D eigenvalue weighted by molar-refractivity contribution is -0.122. The van der Waals surface area contributed by atoms with Gasteiger partial charge in [0.2, 0.25) is 5.91 Å². The second-order valence-electron chi connectivity index (χ2n) is 7.43. The van der Waals surface area contributed by atoms with E-state index in [2.05, 4.69) is 61.5 Å². The third-order valence-corrected chi connectivity index (χ3v) is 5.83. The van der Waals surface area contributed by atoms with Crippen molar-refractivity contribution in [2.24, 2.45) is 0 Å². The second-order valence-corrected chi connectivity index (χ2v) is 8.34. The Balaban J connectivity index is 1.23. The van der Waals surface area contributed by atoms with E-state index in [0.717, 1.165) is 48.3 Å². The number of halogens is 1. The number of piperidine rings is 1. The van der Waals surface area contributed by atoms with Crippen LogP contribution in [0.4, 0.5) is 0 Å². The van der Waals surface area contributed by atoms with Gasteiger partial charge in [-0.1, -0.05) is 30.3 Å². The molecule has 1 fully saturated rings. The molecule has 146 valence electrons. The molecular weight excluding hydrogens is 416 g/mol. The van der Waals surface area contributed by atoms with Crippen LogP contribution >= 0.6 is 15.9 Å². The van der Waals surface area contributed by atoms with Crippen LogP contribution in [-0.4, -0.2) is 39.3 Å². The lowest BCUT2D eigenvalue weighted by Crippen LogP contribution is -2.44. The fourth-order valence-corrected chi connectivity index (χ4v) is 4.15. The minimum Gasteiger partial charge on any atom is -0.353 e. The largest absolute Gasteiger partial charge is 0.353 e. The third-order valence-electron chi connectivity index (χ3n) is 5.36. The Morgan fingerprint density at radius 1 is 1.14 bits per heavy atom. The molecule has 2 aromatic heterocycles. The van der Waals surface area contributed by atoms with Gasteiger partial charge in [-0.05, 0) is 52.9 Å². The molecule has 0 saturated carbocycles. The zero-order valence-corrected chi connectivity index (χ0v) is 17.4. The highest BCUT2D eigenvalue weighted by Crippen LogP contribution is 2.16. The summed E-state index contributed by atoms with van der Waals surface area (Å²) in [6.45, 7) is 3.05. The minimum atomic E-state index is 0.131. The number of nitrogens with zero attached hydrogens (tertiary/aromatic N) is 3. The monoisotopic (exact) mass is 440 g/mol. The summed E-state index contributed by atoms with van der Waals surface area (Å²) in [6, 6.07) is 14.8. The van der Waals surface area contributed by atoms with Gasteiger partial charge in [-0.2, -0.15) is 0 Å². The van der Waals surface area contributed by atoms with Gasteiger partial charge in [0.15, 0.2) is 0 Å². The first-order chi connectivity index (χ1) is 13.7. The van der Waals surface area contributed by atoms with Gasteiger partial charge in [0.1, 0.15) is 5.65 Å². The van der Waals surface area contributed by atoms with Gasteiger partial charge in [0.05, 0.1) is 0 Å². The molecular formula is C22H25BrN4O. The smallest absolute Gasteiger partial charge is 0.220 e. The van der Waals surface area contributed by atoms with Crippen molar-refractivity contribution in [1.29, 1.82) is 0 Å². The first-order valence-corrected chi connectivity index (χ1v) is 10.6. The summed E-state index contributed by atoms with van der Waals surface area (Å²) in [5.74, 6) is 0.131. The number of imidazole rings is 1. The molecule has 4 rings (SSSR count). The first-order valence-electron chi connectivity index (χ1n) is 9.84. The predicted octanol–water partition coefficient (Wildman–Crippen LogP) is 3.81. The van der Waals surface area contributed by atoms with E-state index in [1.54, 1.807) is 0 Å². The molecule has 0 aliphatic carbocycles. The average Bonchev–Trinajstić information content (AvgIpc) is 3.11. The number of pyridine rings is 1. The summed E-state index contributed by atoms with van der Waals surface area (Å²) in [5, 5.41) is 3.22. The number of aryl methyl sites for hydroxylation is 1. The highest BCUT2D eigenvalue weighted by molar-refractivity contribution is 9.10. The zero-order valence-electron chi connectivity index (χ0n) is 15.9. The Labute approximate surface area is 173 Å². The number of nitrogens with one attached hydrogen (secondary N) is 1. The van der Waals surface area contributed by atoms with E-state index in [9.17, 15) is 4.79 Å². The van der Waals surface area contributed by atoms with E-state index in [-0.39, 0.29) is 11.9 Å². The molecule has 1 amide bonds. The number of fused-ring (bicyclic) bond motifs is 1. The van der Waals surface area contributed by atoms with Gasteiger partial charge < -0.3 is 9.72 Å². The number of benzene rings is 1. The fourth-order valence-electron chi connectivity index (χ4n) is 3.81. The maximum Gasteiger partial charge on any atom is 0.220 e. The lowest BCUT2D eigenvalue weighted by Gasteiger charge is -2.32. The number of hydrogen-bond donors (Lipinski definition) is 1. The van der Waals surface area contributed by atoms with Crippen molar-refractivity contribution in [2.75, 3.05) is 13.1 Å². The lowest BCUT2D eigenvalue weighted by atomic mass is 10.0. The van der Waals surface area contributed by atoms with Crippen molar-refractivity contribution >= 4 is 27.5 Å². The molecule has 0 bridgehead atoms. The van der Waals surface area contributed by atoms with Crippen molar-refractivity contribution < 1.29 is 4.79 Å². The molecule has 28 heavy (non-hydrogen) atoms. The van der Waals surface area contributed by atoms with Crippen LogP contribution in [0.1, 0.15) is 30.5 Å². The second kappa shape index (κ2) is 8.88. The number of hydrogen-bond acceptors (Lipinski definition) is 3. The van der Waals surface area contributed by atoms with Crippen LogP contribution in [0.2, 0.25) is 0 Å². The third kappa shape index (κ3) is 4.80. The molecule has 5 nitrogen and oxygen atoms in total. The topological polar surface area (TPSA) is 49.6 Å². The van der Waals surface area contributed by atoms with E-state index >= 15 is 0 Å². The summed E-state index contributed by atoms with van der Waals surface area (Å²) < 4.78 is 3.05. The number of likely N-dealkylation sites (tertiary alicyclic amines) is 1. The maximum absolute atomic E-state index is 12.4. The summed E-state index contributed by atoms with van der Waals surface area (Å²) in [5.41, 5.74) is 3.32. The van der Waals surface area contributed by atoms with Crippen molar-refractivity contribution in [3.63, 3.8) is 0 Å². The molecule has 0 spiro atoms. The summed E-state index contributed by atoms with van der Waals surface area (Å²) >= 11 is 3.49. The Morgan fingerprint density at radius 2 is 1.93 bits per heavy atom. The van der Waals surface area contributed by atoms with Gasteiger partial charge in [-0.15, -0.1) is 0 Å². The molecule has 3 aromatic rings. The van der Waals surface area contributed by atoms with Crippen molar-refractivity contribution in [3.05, 3.63) is 70.6 Å². The Bertz CT molecular complexity index is 932. The fraction of sp³-hybridized carbons (Fsp3) is 0.364. The zero-order chi connectivity index (χ0) is 19.3. The van der Waals surface area contributed by atoms with Gasteiger partial charge in [0, 0.05) is 54.7 Å². The molecule has 1 N–H and O–H groups in total. The van der Waals surface area contributed by atoms with E-state index < -0.39 is 0 Å². The molecule has 0 unspecified atom stereocenters.